The average Bonchev–Trinajstić information content (AvgIpc) is 2.98. The number of piperazine rings is 1. The van der Waals surface area contributed by atoms with E-state index < -0.39 is 15.3 Å². The third kappa shape index (κ3) is 6.23. The number of rotatable bonds is 9. The summed E-state index contributed by atoms with van der Waals surface area (Å²) in [6.45, 7) is 10.3. The summed E-state index contributed by atoms with van der Waals surface area (Å²) in [6.07, 6.45) is 2.56. The number of aryl methyl sites for hydroxylation is 1. The Balaban J connectivity index is 1.43. The number of halogens is 1. The maximum absolute atomic E-state index is 13.2. The molecule has 0 unspecified atom stereocenters. The van der Waals surface area contributed by atoms with Crippen molar-refractivity contribution in [3.8, 4) is 11.5 Å². The van der Waals surface area contributed by atoms with Crippen molar-refractivity contribution in [3.05, 3.63) is 46.6 Å². The summed E-state index contributed by atoms with van der Waals surface area (Å²) in [4.78, 5) is 14.0. The molecule has 1 saturated heterocycles. The second kappa shape index (κ2) is 12.5. The number of aromatic nitrogens is 2. The molecule has 0 saturated carbocycles. The predicted molar refractivity (Wildman–Crippen MR) is 172 cm³/mol. The van der Waals surface area contributed by atoms with E-state index in [0.717, 1.165) is 38.3 Å². The summed E-state index contributed by atoms with van der Waals surface area (Å²) >= 11 is 3.54. The first-order valence-corrected chi connectivity index (χ1v) is 16.4. The highest BCUT2D eigenvalue weighted by Gasteiger charge is 2.31. The van der Waals surface area contributed by atoms with Gasteiger partial charge in [-0.1, -0.05) is 6.92 Å². The van der Waals surface area contributed by atoms with Crippen LogP contribution in [0.1, 0.15) is 26.3 Å². The molecule has 0 aliphatic carbocycles. The third-order valence-corrected chi connectivity index (χ3v) is 10.3. The SMILES string of the molecule is CCc1cc(Nc2ncc(Br)c(Nc3ccc4c(c3N(C)S(=O)(=O)C(C)C)OCCO4)n2)ccc1N1CCN(C)CC1. The Hall–Kier alpha value is -3.29. The monoisotopic (exact) mass is 659 g/mol. The van der Waals surface area contributed by atoms with Crippen LogP contribution in [-0.4, -0.2) is 82.0 Å². The van der Waals surface area contributed by atoms with Crippen LogP contribution in [0, 0.1) is 0 Å². The van der Waals surface area contributed by atoms with Gasteiger partial charge in [-0.25, -0.2) is 13.4 Å². The molecule has 42 heavy (non-hydrogen) atoms. The number of nitrogens with zero attached hydrogens (tertiary/aromatic N) is 5. The van der Waals surface area contributed by atoms with E-state index in [9.17, 15) is 8.42 Å². The van der Waals surface area contributed by atoms with E-state index in [1.165, 1.54) is 22.6 Å². The van der Waals surface area contributed by atoms with Crippen LogP contribution in [0.25, 0.3) is 0 Å². The molecule has 3 heterocycles. The zero-order valence-corrected chi connectivity index (χ0v) is 27.0. The van der Waals surface area contributed by atoms with Crippen molar-refractivity contribution in [1.29, 1.82) is 0 Å². The fourth-order valence-corrected chi connectivity index (χ4v) is 6.39. The molecule has 1 aromatic heterocycles. The number of ether oxygens (including phenoxy) is 2. The van der Waals surface area contributed by atoms with Crippen LogP contribution in [0.5, 0.6) is 11.5 Å². The highest BCUT2D eigenvalue weighted by Crippen LogP contribution is 2.46. The lowest BCUT2D eigenvalue weighted by Crippen LogP contribution is -2.44. The van der Waals surface area contributed by atoms with E-state index in [0.29, 0.717) is 52.3 Å². The highest BCUT2D eigenvalue weighted by molar-refractivity contribution is 9.10. The zero-order chi connectivity index (χ0) is 30.0. The molecule has 13 heteroatoms. The van der Waals surface area contributed by atoms with Gasteiger partial charge >= 0.3 is 0 Å². The Bertz CT molecular complexity index is 1550. The van der Waals surface area contributed by atoms with E-state index in [4.69, 9.17) is 14.5 Å². The summed E-state index contributed by atoms with van der Waals surface area (Å²) in [7, 11) is 0.0173. The first kappa shape index (κ1) is 30.2. The van der Waals surface area contributed by atoms with Crippen LogP contribution in [0.3, 0.4) is 0 Å². The average molecular weight is 661 g/mol. The van der Waals surface area contributed by atoms with Crippen molar-refractivity contribution >= 4 is 60.5 Å². The Kier molecular flexibility index (Phi) is 9.00. The molecule has 5 rings (SSSR count). The normalized spacial score (nSPS) is 15.5. The van der Waals surface area contributed by atoms with E-state index in [1.807, 2.05) is 0 Å². The topological polar surface area (TPSA) is 112 Å². The summed E-state index contributed by atoms with van der Waals surface area (Å²) in [5.74, 6) is 1.72. The molecule has 11 nitrogen and oxygen atoms in total. The van der Waals surface area contributed by atoms with Gasteiger partial charge in [0.2, 0.25) is 16.0 Å². The zero-order valence-electron chi connectivity index (χ0n) is 24.6. The Morgan fingerprint density at radius 3 is 2.52 bits per heavy atom. The molecule has 2 N–H and O–H groups in total. The van der Waals surface area contributed by atoms with Gasteiger partial charge in [-0.2, -0.15) is 4.98 Å². The van der Waals surface area contributed by atoms with E-state index in [-0.39, 0.29) is 0 Å². The second-order valence-corrected chi connectivity index (χ2v) is 14.0. The molecule has 0 spiro atoms. The van der Waals surface area contributed by atoms with Crippen molar-refractivity contribution in [2.75, 3.05) is 73.3 Å². The van der Waals surface area contributed by atoms with Gasteiger partial charge in [0, 0.05) is 50.8 Å². The highest BCUT2D eigenvalue weighted by atomic mass is 79.9. The number of anilines is 6. The van der Waals surface area contributed by atoms with Gasteiger partial charge in [-0.15, -0.1) is 0 Å². The van der Waals surface area contributed by atoms with Crippen LogP contribution in [0.2, 0.25) is 0 Å². The second-order valence-electron chi connectivity index (χ2n) is 10.7. The molecule has 2 aliphatic heterocycles. The number of nitrogens with one attached hydrogen (secondary N) is 2. The van der Waals surface area contributed by atoms with Crippen molar-refractivity contribution in [2.45, 2.75) is 32.4 Å². The maximum atomic E-state index is 13.2. The summed E-state index contributed by atoms with van der Waals surface area (Å²) < 4.78 is 39.9. The number of benzene rings is 2. The predicted octanol–water partition coefficient (Wildman–Crippen LogP) is 4.99. The minimum atomic E-state index is -3.66. The summed E-state index contributed by atoms with van der Waals surface area (Å²) in [6, 6.07) is 9.89. The van der Waals surface area contributed by atoms with Crippen molar-refractivity contribution < 1.29 is 17.9 Å². The molecular weight excluding hydrogens is 622 g/mol. The lowest BCUT2D eigenvalue weighted by molar-refractivity contribution is 0.172. The first-order valence-electron chi connectivity index (χ1n) is 14.1. The Morgan fingerprint density at radius 1 is 1.07 bits per heavy atom. The number of likely N-dealkylation sites (N-methyl/N-ethyl adjacent to an activating group) is 1. The van der Waals surface area contributed by atoms with Crippen molar-refractivity contribution in [2.24, 2.45) is 0 Å². The largest absolute Gasteiger partial charge is 0.486 e. The van der Waals surface area contributed by atoms with Gasteiger partial charge in [-0.3, -0.25) is 4.31 Å². The molecular formula is C29H38BrN7O4S. The third-order valence-electron chi connectivity index (χ3n) is 7.53. The summed E-state index contributed by atoms with van der Waals surface area (Å²) in [5.41, 5.74) is 4.27. The number of hydrogen-bond donors (Lipinski definition) is 2. The van der Waals surface area contributed by atoms with Gasteiger partial charge in [0.1, 0.15) is 24.7 Å². The van der Waals surface area contributed by atoms with Gasteiger partial charge in [0.25, 0.3) is 0 Å². The molecule has 1 fully saturated rings. The summed E-state index contributed by atoms with van der Waals surface area (Å²) in [5, 5.41) is 6.00. The Labute approximate surface area is 256 Å². The maximum Gasteiger partial charge on any atom is 0.237 e. The molecule has 2 aliphatic rings. The number of fused-ring (bicyclic) bond motifs is 1. The fraction of sp³-hybridized carbons (Fsp3) is 0.448. The standard InChI is InChI=1S/C29H38BrN7O4S/c1-6-20-17-21(7-9-24(20)37-13-11-35(4)12-14-37)32-29-31-18-22(30)28(34-29)33-23-8-10-25-27(41-16-15-40-25)26(23)36(5)42(38,39)19(2)3/h7-10,17-19H,6,11-16H2,1-5H3,(H2,31,32,33,34). The van der Waals surface area contributed by atoms with Crippen LogP contribution in [-0.2, 0) is 16.4 Å². The van der Waals surface area contributed by atoms with Gasteiger partial charge < -0.3 is 29.9 Å². The van der Waals surface area contributed by atoms with Crippen LogP contribution < -0.4 is 29.3 Å². The quantitative estimate of drug-likeness (QED) is 0.326. The minimum absolute atomic E-state index is 0.317. The minimum Gasteiger partial charge on any atom is -0.486 e. The molecule has 0 amide bonds. The van der Waals surface area contributed by atoms with Crippen LogP contribution in [0.4, 0.5) is 34.5 Å². The molecule has 2 aromatic carbocycles. The van der Waals surface area contributed by atoms with Gasteiger partial charge in [0.15, 0.2) is 11.5 Å². The van der Waals surface area contributed by atoms with Crippen molar-refractivity contribution in [3.63, 3.8) is 0 Å². The number of hydrogen-bond acceptors (Lipinski definition) is 10. The lowest BCUT2D eigenvalue weighted by atomic mass is 10.1. The Morgan fingerprint density at radius 2 is 1.81 bits per heavy atom. The van der Waals surface area contributed by atoms with Crippen LogP contribution in [0.15, 0.2) is 41.0 Å². The van der Waals surface area contributed by atoms with E-state index >= 15 is 0 Å². The molecule has 0 bridgehead atoms. The molecule has 0 atom stereocenters. The van der Waals surface area contributed by atoms with Crippen molar-refractivity contribution in [1.82, 2.24) is 14.9 Å². The fourth-order valence-electron chi connectivity index (χ4n) is 5.03. The van der Waals surface area contributed by atoms with Crippen LogP contribution >= 0.6 is 15.9 Å². The number of sulfonamides is 1. The van der Waals surface area contributed by atoms with E-state index in [1.54, 1.807) is 32.2 Å². The van der Waals surface area contributed by atoms with Gasteiger partial charge in [0.05, 0.1) is 15.4 Å². The lowest BCUT2D eigenvalue weighted by Gasteiger charge is -2.35. The molecule has 3 aromatic rings. The molecule has 226 valence electrons. The first-order chi connectivity index (χ1) is 20.1. The van der Waals surface area contributed by atoms with E-state index in [2.05, 4.69) is 73.5 Å². The smallest absolute Gasteiger partial charge is 0.237 e. The molecule has 0 radical (unpaired) electrons. The van der Waals surface area contributed by atoms with Gasteiger partial charge in [-0.05, 0) is 79.1 Å².